The van der Waals surface area contributed by atoms with Crippen LogP contribution < -0.4 is 5.56 Å². The number of esters is 1. The molecule has 4 heterocycles. The summed E-state index contributed by atoms with van der Waals surface area (Å²) in [5, 5.41) is 1.14. The lowest BCUT2D eigenvalue weighted by Gasteiger charge is -2.33. The quantitative estimate of drug-likeness (QED) is 0.261. The van der Waals surface area contributed by atoms with Gasteiger partial charge in [0.2, 0.25) is 0 Å². The van der Waals surface area contributed by atoms with Gasteiger partial charge in [0.15, 0.2) is 0 Å². The van der Waals surface area contributed by atoms with E-state index in [4.69, 9.17) is 9.72 Å². The summed E-state index contributed by atoms with van der Waals surface area (Å²) >= 11 is 0. The summed E-state index contributed by atoms with van der Waals surface area (Å²) in [7, 11) is 0. The minimum Gasteiger partial charge on any atom is -0.460 e. The molecule has 0 saturated heterocycles. The summed E-state index contributed by atoms with van der Waals surface area (Å²) < 4.78 is 7.31. The maximum absolute atomic E-state index is 13.8. The number of fused-ring (bicyclic) bond motifs is 5. The molecule has 0 unspecified atom stereocenters. The highest BCUT2D eigenvalue weighted by Crippen LogP contribution is 2.41. The van der Waals surface area contributed by atoms with Crippen LogP contribution in [0.4, 0.5) is 0 Å². The van der Waals surface area contributed by atoms with Crippen molar-refractivity contribution < 1.29 is 9.53 Å². The molecular weight excluding hydrogens is 486 g/mol. The molecule has 6 heteroatoms. The highest BCUT2D eigenvalue weighted by molar-refractivity contribution is 5.89. The molecule has 39 heavy (non-hydrogen) atoms. The van der Waals surface area contributed by atoms with E-state index in [1.807, 2.05) is 30.5 Å². The van der Waals surface area contributed by atoms with Crippen LogP contribution in [0.1, 0.15) is 61.9 Å². The Balaban J connectivity index is 1.45. The third-order valence-electron chi connectivity index (χ3n) is 8.78. The van der Waals surface area contributed by atoms with Crippen LogP contribution >= 0.6 is 0 Å². The zero-order valence-corrected chi connectivity index (χ0v) is 23.2. The van der Waals surface area contributed by atoms with Crippen LogP contribution in [-0.2, 0) is 41.1 Å². The Hall–Kier alpha value is -3.77. The Bertz CT molecular complexity index is 1640. The maximum Gasteiger partial charge on any atom is 0.316 e. The Morgan fingerprint density at radius 1 is 1.05 bits per heavy atom. The average Bonchev–Trinajstić information content (AvgIpc) is 3.31. The molecule has 0 saturated carbocycles. The minimum absolute atomic E-state index is 0.0321. The van der Waals surface area contributed by atoms with Gasteiger partial charge in [-0.25, -0.2) is 4.98 Å². The van der Waals surface area contributed by atoms with Crippen LogP contribution in [0.25, 0.3) is 22.3 Å². The summed E-state index contributed by atoms with van der Waals surface area (Å²) in [4.78, 5) is 34.1. The maximum atomic E-state index is 13.8. The van der Waals surface area contributed by atoms with Crippen molar-refractivity contribution in [2.75, 3.05) is 6.54 Å². The highest BCUT2D eigenvalue weighted by Gasteiger charge is 2.43. The SMILES string of the molecule is CC[C@@]1(C)C(=O)OCc2c1cc1n(c2=O)Cc2c-1nc1ccccc1c2CCN(Cc1ccccc1)C(C)C. The van der Waals surface area contributed by atoms with Gasteiger partial charge in [0.25, 0.3) is 5.56 Å². The van der Waals surface area contributed by atoms with Crippen molar-refractivity contribution in [1.29, 1.82) is 0 Å². The number of benzene rings is 2. The number of carbonyl (C=O) groups excluding carboxylic acids is 1. The Labute approximate surface area is 229 Å². The Morgan fingerprint density at radius 2 is 1.79 bits per heavy atom. The molecule has 0 fully saturated rings. The van der Waals surface area contributed by atoms with Gasteiger partial charge >= 0.3 is 5.97 Å². The van der Waals surface area contributed by atoms with Gasteiger partial charge in [-0.3, -0.25) is 14.5 Å². The monoisotopic (exact) mass is 521 g/mol. The van der Waals surface area contributed by atoms with Crippen molar-refractivity contribution in [2.45, 2.75) is 71.7 Å². The van der Waals surface area contributed by atoms with Gasteiger partial charge in [-0.2, -0.15) is 0 Å². The second kappa shape index (κ2) is 9.76. The third-order valence-corrected chi connectivity index (χ3v) is 8.78. The number of para-hydroxylation sites is 1. The predicted octanol–water partition coefficient (Wildman–Crippen LogP) is 5.60. The molecule has 0 radical (unpaired) electrons. The number of rotatable bonds is 7. The fourth-order valence-corrected chi connectivity index (χ4v) is 6.15. The summed E-state index contributed by atoms with van der Waals surface area (Å²) in [6, 6.07) is 21.3. The lowest BCUT2D eigenvalue weighted by Crippen LogP contribution is -2.42. The first-order valence-corrected chi connectivity index (χ1v) is 13.9. The summed E-state index contributed by atoms with van der Waals surface area (Å²) in [5.41, 5.74) is 6.74. The lowest BCUT2D eigenvalue weighted by molar-refractivity contribution is -0.153. The van der Waals surface area contributed by atoms with E-state index in [0.29, 0.717) is 24.6 Å². The average molecular weight is 522 g/mol. The molecule has 6 nitrogen and oxygen atoms in total. The molecule has 0 aliphatic carbocycles. The Morgan fingerprint density at radius 3 is 2.54 bits per heavy atom. The van der Waals surface area contributed by atoms with E-state index in [1.165, 1.54) is 11.1 Å². The van der Waals surface area contributed by atoms with Gasteiger partial charge in [0, 0.05) is 30.1 Å². The molecule has 0 spiro atoms. The molecule has 0 N–H and O–H groups in total. The van der Waals surface area contributed by atoms with Gasteiger partial charge < -0.3 is 9.30 Å². The second-order valence-corrected chi connectivity index (χ2v) is 11.3. The van der Waals surface area contributed by atoms with Crippen molar-refractivity contribution in [2.24, 2.45) is 0 Å². The van der Waals surface area contributed by atoms with Gasteiger partial charge in [-0.05, 0) is 62.4 Å². The zero-order valence-electron chi connectivity index (χ0n) is 23.2. The van der Waals surface area contributed by atoms with Gasteiger partial charge in [-0.15, -0.1) is 0 Å². The van der Waals surface area contributed by atoms with Crippen molar-refractivity contribution >= 4 is 16.9 Å². The van der Waals surface area contributed by atoms with E-state index in [-0.39, 0.29) is 18.1 Å². The first-order chi connectivity index (χ1) is 18.8. The van der Waals surface area contributed by atoms with Crippen molar-refractivity contribution in [3.8, 4) is 11.4 Å². The van der Waals surface area contributed by atoms with Gasteiger partial charge in [0.1, 0.15) is 6.61 Å². The normalized spacial score (nSPS) is 17.8. The van der Waals surface area contributed by atoms with Crippen LogP contribution in [0.15, 0.2) is 65.5 Å². The number of aromatic nitrogens is 2. The number of nitrogens with zero attached hydrogens (tertiary/aromatic N) is 3. The van der Waals surface area contributed by atoms with Crippen LogP contribution in [0.3, 0.4) is 0 Å². The fraction of sp³-hybridized carbons (Fsp3) is 0.364. The smallest absolute Gasteiger partial charge is 0.316 e. The van der Waals surface area contributed by atoms with Gasteiger partial charge in [0.05, 0.1) is 34.4 Å². The number of pyridine rings is 2. The summed E-state index contributed by atoms with van der Waals surface area (Å²) in [6.45, 7) is 10.6. The van der Waals surface area contributed by atoms with Crippen LogP contribution in [0.2, 0.25) is 0 Å². The molecule has 2 aliphatic rings. The number of cyclic esters (lactones) is 1. The molecule has 4 aromatic rings. The van der Waals surface area contributed by atoms with Crippen molar-refractivity contribution in [3.63, 3.8) is 0 Å². The zero-order chi connectivity index (χ0) is 27.3. The summed E-state index contributed by atoms with van der Waals surface area (Å²) in [6.07, 6.45) is 1.42. The second-order valence-electron chi connectivity index (χ2n) is 11.3. The first-order valence-electron chi connectivity index (χ1n) is 13.9. The molecule has 2 aromatic heterocycles. The van der Waals surface area contributed by atoms with E-state index >= 15 is 0 Å². The lowest BCUT2D eigenvalue weighted by atomic mass is 9.76. The topological polar surface area (TPSA) is 64.4 Å². The molecule has 2 aromatic carbocycles. The number of ether oxygens (including phenoxy) is 1. The van der Waals surface area contributed by atoms with Crippen molar-refractivity contribution in [1.82, 2.24) is 14.5 Å². The van der Waals surface area contributed by atoms with Crippen LogP contribution in [0.5, 0.6) is 0 Å². The first kappa shape index (κ1) is 25.5. The van der Waals surface area contributed by atoms with Crippen LogP contribution in [0, 0.1) is 0 Å². The molecule has 2 aliphatic heterocycles. The van der Waals surface area contributed by atoms with E-state index in [2.05, 4.69) is 67.3 Å². The van der Waals surface area contributed by atoms with E-state index in [1.54, 1.807) is 0 Å². The van der Waals surface area contributed by atoms with Gasteiger partial charge in [-0.1, -0.05) is 55.5 Å². The fourth-order valence-electron chi connectivity index (χ4n) is 6.15. The molecule has 0 amide bonds. The molecule has 1 atom stereocenters. The number of hydrogen-bond donors (Lipinski definition) is 0. The summed E-state index contributed by atoms with van der Waals surface area (Å²) in [5.74, 6) is -0.264. The molecule has 6 rings (SSSR count). The minimum atomic E-state index is -0.833. The van der Waals surface area contributed by atoms with Crippen molar-refractivity contribution in [3.05, 3.63) is 98.8 Å². The molecular formula is C33H35N3O3. The molecule has 200 valence electrons. The van der Waals surface area contributed by atoms with E-state index < -0.39 is 5.41 Å². The van der Waals surface area contributed by atoms with E-state index in [9.17, 15) is 9.59 Å². The van der Waals surface area contributed by atoms with E-state index in [0.717, 1.165) is 52.9 Å². The standard InChI is InChI=1S/C33H35N3O3/c1-5-33(4)27-17-29-30-25(19-36(29)31(37)26(27)20-39-32(33)38)23(24-13-9-10-14-28(24)34-30)15-16-35(21(2)3)18-22-11-7-6-8-12-22/h6-14,17,21H,5,15-16,18-20H2,1-4H3/t33-/m1/s1. The Kier molecular flexibility index (Phi) is 6.38. The van der Waals surface area contributed by atoms with Crippen LogP contribution in [-0.4, -0.2) is 33.0 Å². The largest absolute Gasteiger partial charge is 0.460 e. The number of carbonyl (C=O) groups is 1. The molecule has 0 bridgehead atoms. The number of hydrogen-bond acceptors (Lipinski definition) is 5. The highest BCUT2D eigenvalue weighted by atomic mass is 16.5. The predicted molar refractivity (Wildman–Crippen MR) is 154 cm³/mol. The third kappa shape index (κ3) is 4.18.